The third-order valence-electron chi connectivity index (χ3n) is 13.5. The maximum Gasteiger partial charge on any atom is 0.256 e. The summed E-state index contributed by atoms with van der Waals surface area (Å²) < 4.78 is 18.2. The predicted octanol–water partition coefficient (Wildman–Crippen LogP) is 6.56. The Balaban J connectivity index is 0.671. The average molecular weight is 965 g/mol. The van der Waals surface area contributed by atoms with Gasteiger partial charge < -0.3 is 34.6 Å². The Bertz CT molecular complexity index is 3060. The van der Waals surface area contributed by atoms with Crippen molar-refractivity contribution in [2.75, 3.05) is 38.2 Å². The van der Waals surface area contributed by atoms with Crippen LogP contribution >= 0.6 is 0 Å². The number of ether oxygens (including phenoxy) is 3. The quantitative estimate of drug-likeness (QED) is 0.0673. The molecule has 0 aliphatic carbocycles. The number of carbonyl (C=O) groups excluding carboxylic acids is 6. The van der Waals surface area contributed by atoms with Gasteiger partial charge in [0.15, 0.2) is 11.6 Å². The fraction of sp³-hybridized carbons (Fsp3) is 0.246. The van der Waals surface area contributed by atoms with E-state index in [9.17, 15) is 28.8 Å². The lowest BCUT2D eigenvalue weighted by molar-refractivity contribution is -0.143. The molecule has 72 heavy (non-hydrogen) atoms. The van der Waals surface area contributed by atoms with Crippen LogP contribution < -0.4 is 16.0 Å². The molecule has 0 aromatic heterocycles. The van der Waals surface area contributed by atoms with Crippen LogP contribution in [0, 0.1) is 0 Å². The zero-order valence-electron chi connectivity index (χ0n) is 39.4. The van der Waals surface area contributed by atoms with E-state index in [-0.39, 0.29) is 75.2 Å². The first-order valence-corrected chi connectivity index (χ1v) is 24.1. The Kier molecular flexibility index (Phi) is 13.8. The summed E-state index contributed by atoms with van der Waals surface area (Å²) in [5, 5.41) is 8.16. The number of amides is 6. The van der Waals surface area contributed by atoms with Gasteiger partial charge in [0.25, 0.3) is 17.7 Å². The third kappa shape index (κ3) is 10.0. The maximum atomic E-state index is 14.8. The number of piperidine rings is 1. The van der Waals surface area contributed by atoms with Crippen LogP contribution in [0.2, 0.25) is 0 Å². The SMILES string of the molecule is O=C(CN1Cc2ccccc2[C@@H]2OC(c3ccccc3)=N[C@]2(Cc2ccccc2)C1=O)NCCOCCOCc1ccc(-c2ccc(C(=O)Nc3cccc4c3CN(C3CCC(=O)NC3=O)C4=O)cc2)cc1. The highest BCUT2D eigenvalue weighted by Gasteiger charge is 2.57. The number of nitrogens with one attached hydrogen (secondary N) is 3. The van der Waals surface area contributed by atoms with Gasteiger partial charge in [-0.25, -0.2) is 4.99 Å². The molecule has 3 N–H and O–H groups in total. The lowest BCUT2D eigenvalue weighted by Crippen LogP contribution is -2.52. The molecule has 6 amide bonds. The van der Waals surface area contributed by atoms with Crippen LogP contribution in [0.1, 0.15) is 73.0 Å². The topological polar surface area (TPSA) is 185 Å². The molecule has 10 rings (SSSR count). The van der Waals surface area contributed by atoms with E-state index >= 15 is 0 Å². The van der Waals surface area contributed by atoms with Gasteiger partial charge in [-0.15, -0.1) is 0 Å². The Morgan fingerprint density at radius 3 is 2.19 bits per heavy atom. The molecule has 4 aliphatic rings. The number of benzene rings is 6. The van der Waals surface area contributed by atoms with Gasteiger partial charge >= 0.3 is 0 Å². The van der Waals surface area contributed by atoms with E-state index in [4.69, 9.17) is 19.2 Å². The summed E-state index contributed by atoms with van der Waals surface area (Å²) in [7, 11) is 0. The van der Waals surface area contributed by atoms with Crippen molar-refractivity contribution in [3.05, 3.63) is 196 Å². The minimum absolute atomic E-state index is 0.150. The van der Waals surface area contributed by atoms with Gasteiger partial charge in [-0.05, 0) is 70.6 Å². The molecule has 1 saturated heterocycles. The zero-order chi connectivity index (χ0) is 49.6. The normalized spacial score (nSPS) is 19.1. The van der Waals surface area contributed by atoms with E-state index in [2.05, 4.69) is 16.0 Å². The van der Waals surface area contributed by atoms with Crippen LogP contribution in [0.25, 0.3) is 11.1 Å². The molecule has 3 atom stereocenters. The summed E-state index contributed by atoms with van der Waals surface area (Å²) >= 11 is 0. The van der Waals surface area contributed by atoms with Crippen molar-refractivity contribution in [3.8, 4) is 11.1 Å². The number of fused-ring (bicyclic) bond motifs is 4. The number of hydrogen-bond acceptors (Lipinski definition) is 10. The number of hydrogen-bond donors (Lipinski definition) is 3. The Morgan fingerprint density at radius 2 is 1.43 bits per heavy atom. The Morgan fingerprint density at radius 1 is 0.722 bits per heavy atom. The van der Waals surface area contributed by atoms with Gasteiger partial charge in [-0.2, -0.15) is 0 Å². The van der Waals surface area contributed by atoms with Crippen molar-refractivity contribution in [3.63, 3.8) is 0 Å². The highest BCUT2D eigenvalue weighted by atomic mass is 16.5. The largest absolute Gasteiger partial charge is 0.466 e. The number of imide groups is 1. The Hall–Kier alpha value is -8.27. The smallest absolute Gasteiger partial charge is 0.256 e. The molecule has 0 spiro atoms. The van der Waals surface area contributed by atoms with Gasteiger partial charge in [0.05, 0.1) is 33.0 Å². The summed E-state index contributed by atoms with van der Waals surface area (Å²) in [6, 6.07) is 46.7. The van der Waals surface area contributed by atoms with E-state index in [1.807, 2.05) is 121 Å². The van der Waals surface area contributed by atoms with Crippen molar-refractivity contribution >= 4 is 47.0 Å². The molecule has 15 heteroatoms. The number of nitrogens with zero attached hydrogens (tertiary/aromatic N) is 3. The van der Waals surface area contributed by atoms with Gasteiger partial charge in [0.2, 0.25) is 23.6 Å². The van der Waals surface area contributed by atoms with E-state index in [1.54, 1.807) is 35.2 Å². The fourth-order valence-corrected chi connectivity index (χ4v) is 9.80. The van der Waals surface area contributed by atoms with Gasteiger partial charge in [0.1, 0.15) is 6.04 Å². The highest BCUT2D eigenvalue weighted by Crippen LogP contribution is 2.46. The van der Waals surface area contributed by atoms with Crippen LogP contribution in [-0.2, 0) is 59.5 Å². The van der Waals surface area contributed by atoms with E-state index < -0.39 is 23.6 Å². The van der Waals surface area contributed by atoms with Crippen LogP contribution in [-0.4, -0.2) is 95.6 Å². The van der Waals surface area contributed by atoms with Crippen molar-refractivity contribution < 1.29 is 43.0 Å². The van der Waals surface area contributed by atoms with Gasteiger partial charge in [-0.1, -0.05) is 115 Å². The molecule has 0 bridgehead atoms. The number of aliphatic imine (C=N–C) groups is 1. The second kappa shape index (κ2) is 21.0. The lowest BCUT2D eigenvalue weighted by Gasteiger charge is -2.32. The van der Waals surface area contributed by atoms with Crippen molar-refractivity contribution in [2.45, 2.75) is 56.6 Å². The fourth-order valence-electron chi connectivity index (χ4n) is 9.80. The molecule has 6 aromatic rings. The standard InChI is InChI=1S/C57H52N6O9/c64-49-27-26-48(53(67)60-49)63-34-46-45(55(63)68)16-9-17-47(46)59-52(66)41-24-22-40(23-25-41)39-20-18-38(19-21-39)36-71-31-30-70-29-28-58-50(65)35-62-33-43-14-7-8-15-44(43)51-57(56(62)69,32-37-10-3-1-4-11-37)61-54(72-51)42-12-5-2-6-13-42/h1-25,48,51H,26-36H2,(H,58,65)(H,59,66)(H,60,64,67)/t48?,51-,57-/m0/s1. The van der Waals surface area contributed by atoms with Gasteiger partial charge in [0, 0.05) is 66.0 Å². The summed E-state index contributed by atoms with van der Waals surface area (Å²) in [4.78, 5) is 87.2. The Labute approximate surface area is 416 Å². The highest BCUT2D eigenvalue weighted by molar-refractivity contribution is 6.09. The summed E-state index contributed by atoms with van der Waals surface area (Å²) in [6.07, 6.45) is 0.0255. The van der Waals surface area contributed by atoms with E-state index in [0.717, 1.165) is 38.9 Å². The first-order chi connectivity index (χ1) is 35.1. The third-order valence-corrected chi connectivity index (χ3v) is 13.5. The van der Waals surface area contributed by atoms with Crippen molar-refractivity contribution in [2.24, 2.45) is 4.99 Å². The molecule has 364 valence electrons. The monoisotopic (exact) mass is 964 g/mol. The molecular formula is C57H52N6O9. The van der Waals surface area contributed by atoms with Crippen molar-refractivity contribution in [1.29, 1.82) is 0 Å². The average Bonchev–Trinajstić information content (AvgIpc) is 3.93. The number of anilines is 1. The molecule has 0 radical (unpaired) electrons. The van der Waals surface area contributed by atoms with Crippen LogP contribution in [0.15, 0.2) is 157 Å². The minimum atomic E-state index is -1.33. The van der Waals surface area contributed by atoms with Crippen LogP contribution in [0.4, 0.5) is 5.69 Å². The molecule has 4 aliphatic heterocycles. The molecule has 0 saturated carbocycles. The second-order valence-electron chi connectivity index (χ2n) is 18.2. The van der Waals surface area contributed by atoms with E-state index in [0.29, 0.717) is 54.5 Å². The van der Waals surface area contributed by atoms with Crippen molar-refractivity contribution in [1.82, 2.24) is 20.4 Å². The zero-order valence-corrected chi connectivity index (χ0v) is 39.4. The van der Waals surface area contributed by atoms with Crippen LogP contribution in [0.5, 0.6) is 0 Å². The maximum absolute atomic E-state index is 14.8. The molecule has 15 nitrogen and oxygen atoms in total. The predicted molar refractivity (Wildman–Crippen MR) is 267 cm³/mol. The minimum Gasteiger partial charge on any atom is -0.466 e. The number of carbonyl (C=O) groups is 6. The van der Waals surface area contributed by atoms with Crippen LogP contribution in [0.3, 0.4) is 0 Å². The lowest BCUT2D eigenvalue weighted by atomic mass is 9.81. The summed E-state index contributed by atoms with van der Waals surface area (Å²) in [6.45, 7) is 1.80. The molecular weight excluding hydrogens is 913 g/mol. The summed E-state index contributed by atoms with van der Waals surface area (Å²) in [5.74, 6) is -1.67. The molecule has 1 unspecified atom stereocenters. The molecule has 4 heterocycles. The van der Waals surface area contributed by atoms with Gasteiger partial charge in [-0.3, -0.25) is 34.1 Å². The first-order valence-electron chi connectivity index (χ1n) is 24.1. The molecule has 1 fully saturated rings. The molecule has 6 aromatic carbocycles. The van der Waals surface area contributed by atoms with E-state index in [1.165, 1.54) is 4.90 Å². The number of rotatable bonds is 17. The first kappa shape index (κ1) is 47.4. The summed E-state index contributed by atoms with van der Waals surface area (Å²) in [5.41, 5.74) is 6.98. The second-order valence-corrected chi connectivity index (χ2v) is 18.2.